The third kappa shape index (κ3) is 5.30. The lowest BCUT2D eigenvalue weighted by molar-refractivity contribution is -0.129. The van der Waals surface area contributed by atoms with Gasteiger partial charge in [0.15, 0.2) is 0 Å². The normalized spacial score (nSPS) is 20.7. The van der Waals surface area contributed by atoms with Crippen LogP contribution in [0.3, 0.4) is 0 Å². The first-order chi connectivity index (χ1) is 16.1. The molecule has 0 bridgehead atoms. The molecule has 0 aliphatic carbocycles. The summed E-state index contributed by atoms with van der Waals surface area (Å²) < 4.78 is 10.7. The van der Waals surface area contributed by atoms with Crippen molar-refractivity contribution >= 4 is 23.2 Å². The number of hydrogen-bond donors (Lipinski definition) is 1. The number of amides is 2. The Kier molecular flexibility index (Phi) is 7.50. The predicted octanol–water partition coefficient (Wildman–Crippen LogP) is 3.86. The average molecular weight is 452 g/mol. The number of ether oxygens (including phenoxy) is 2. The highest BCUT2D eigenvalue weighted by atomic mass is 16.5. The van der Waals surface area contributed by atoms with Crippen LogP contribution in [0.5, 0.6) is 5.75 Å². The van der Waals surface area contributed by atoms with E-state index in [4.69, 9.17) is 9.47 Å². The van der Waals surface area contributed by atoms with E-state index in [0.29, 0.717) is 6.54 Å². The number of carbonyl (C=O) groups is 2. The Bertz CT molecular complexity index is 939. The van der Waals surface area contributed by atoms with Crippen LogP contribution in [-0.2, 0) is 14.3 Å². The van der Waals surface area contributed by atoms with Crippen molar-refractivity contribution in [3.63, 3.8) is 0 Å². The SMILES string of the molecule is CCCCN1C(=O)C[C@H](C(=O)Nc2ccc(N3CCOCC3)cc2)[C@@H]1c1ccc(OC)cc1. The van der Waals surface area contributed by atoms with Gasteiger partial charge in [-0.05, 0) is 48.4 Å². The zero-order valence-corrected chi connectivity index (χ0v) is 19.5. The van der Waals surface area contributed by atoms with E-state index in [2.05, 4.69) is 17.1 Å². The van der Waals surface area contributed by atoms with E-state index < -0.39 is 5.92 Å². The van der Waals surface area contributed by atoms with E-state index in [1.165, 1.54) is 0 Å². The topological polar surface area (TPSA) is 71.1 Å². The summed E-state index contributed by atoms with van der Waals surface area (Å²) in [6, 6.07) is 15.3. The highest BCUT2D eigenvalue weighted by molar-refractivity contribution is 5.98. The molecule has 33 heavy (non-hydrogen) atoms. The number of benzene rings is 2. The summed E-state index contributed by atoms with van der Waals surface area (Å²) in [5, 5.41) is 3.05. The van der Waals surface area contributed by atoms with Crippen molar-refractivity contribution in [2.45, 2.75) is 32.2 Å². The maximum atomic E-state index is 13.3. The van der Waals surface area contributed by atoms with Gasteiger partial charge in [0.25, 0.3) is 0 Å². The second-order valence-corrected chi connectivity index (χ2v) is 8.60. The third-order valence-electron chi connectivity index (χ3n) is 6.49. The minimum atomic E-state index is -0.443. The Labute approximate surface area is 195 Å². The highest BCUT2D eigenvalue weighted by Gasteiger charge is 2.44. The van der Waals surface area contributed by atoms with Gasteiger partial charge in [0.2, 0.25) is 11.8 Å². The molecule has 0 unspecified atom stereocenters. The van der Waals surface area contributed by atoms with Crippen LogP contribution in [0.1, 0.15) is 37.8 Å². The maximum absolute atomic E-state index is 13.3. The third-order valence-corrected chi connectivity index (χ3v) is 6.49. The Morgan fingerprint density at radius 3 is 2.42 bits per heavy atom. The molecule has 2 aliphatic heterocycles. The highest BCUT2D eigenvalue weighted by Crippen LogP contribution is 2.39. The van der Waals surface area contributed by atoms with Crippen molar-refractivity contribution in [2.75, 3.05) is 50.2 Å². The van der Waals surface area contributed by atoms with E-state index in [9.17, 15) is 9.59 Å². The molecule has 1 N–H and O–H groups in total. The van der Waals surface area contributed by atoms with Crippen LogP contribution in [0, 0.1) is 5.92 Å². The predicted molar refractivity (Wildman–Crippen MR) is 129 cm³/mol. The van der Waals surface area contributed by atoms with E-state index in [-0.39, 0.29) is 24.3 Å². The largest absolute Gasteiger partial charge is 0.497 e. The number of morpholine rings is 1. The van der Waals surface area contributed by atoms with E-state index in [0.717, 1.165) is 61.8 Å². The van der Waals surface area contributed by atoms with Gasteiger partial charge in [0.05, 0.1) is 32.3 Å². The van der Waals surface area contributed by atoms with Gasteiger partial charge in [-0.2, -0.15) is 0 Å². The molecule has 2 atom stereocenters. The molecule has 2 aliphatic rings. The van der Waals surface area contributed by atoms with Crippen LogP contribution in [0.4, 0.5) is 11.4 Å². The summed E-state index contributed by atoms with van der Waals surface area (Å²) in [6.07, 6.45) is 2.12. The fourth-order valence-electron chi connectivity index (χ4n) is 4.64. The number of anilines is 2. The van der Waals surface area contributed by atoms with Gasteiger partial charge in [-0.1, -0.05) is 25.5 Å². The first-order valence-corrected chi connectivity index (χ1v) is 11.8. The molecule has 2 fully saturated rings. The van der Waals surface area contributed by atoms with Crippen LogP contribution in [-0.4, -0.2) is 56.7 Å². The van der Waals surface area contributed by atoms with Gasteiger partial charge in [0.1, 0.15) is 5.75 Å². The Morgan fingerprint density at radius 2 is 1.79 bits per heavy atom. The Balaban J connectivity index is 1.50. The van der Waals surface area contributed by atoms with E-state index in [1.54, 1.807) is 7.11 Å². The van der Waals surface area contributed by atoms with Gasteiger partial charge in [-0.3, -0.25) is 9.59 Å². The van der Waals surface area contributed by atoms with Crippen LogP contribution in [0.15, 0.2) is 48.5 Å². The molecule has 2 saturated heterocycles. The Morgan fingerprint density at radius 1 is 1.09 bits per heavy atom. The number of hydrogen-bond acceptors (Lipinski definition) is 5. The van der Waals surface area contributed by atoms with Crippen LogP contribution in [0.25, 0.3) is 0 Å². The first kappa shape index (κ1) is 23.1. The number of nitrogens with one attached hydrogen (secondary N) is 1. The summed E-state index contributed by atoms with van der Waals surface area (Å²) in [7, 11) is 1.63. The molecule has 0 saturated carbocycles. The van der Waals surface area contributed by atoms with Gasteiger partial charge in [0, 0.05) is 37.4 Å². The van der Waals surface area contributed by atoms with Crippen molar-refractivity contribution in [3.8, 4) is 5.75 Å². The minimum absolute atomic E-state index is 0.0343. The summed E-state index contributed by atoms with van der Waals surface area (Å²) in [5.74, 6) is 0.223. The molecule has 2 amide bonds. The maximum Gasteiger partial charge on any atom is 0.230 e. The van der Waals surface area contributed by atoms with Crippen LogP contribution >= 0.6 is 0 Å². The smallest absolute Gasteiger partial charge is 0.230 e. The van der Waals surface area contributed by atoms with Crippen molar-refractivity contribution in [3.05, 3.63) is 54.1 Å². The number of rotatable bonds is 8. The monoisotopic (exact) mass is 451 g/mol. The summed E-state index contributed by atoms with van der Waals surface area (Å²) >= 11 is 0. The summed E-state index contributed by atoms with van der Waals surface area (Å²) in [4.78, 5) is 30.4. The van der Waals surface area contributed by atoms with Gasteiger partial charge in [-0.15, -0.1) is 0 Å². The standard InChI is InChI=1S/C26H33N3O4/c1-3-4-13-29-24(30)18-23(25(29)19-5-11-22(32-2)12-6-19)26(31)27-20-7-9-21(10-8-20)28-14-16-33-17-15-28/h5-12,23,25H,3-4,13-18H2,1-2H3,(H,27,31)/t23-,25-/m0/s1. The minimum Gasteiger partial charge on any atom is -0.497 e. The lowest BCUT2D eigenvalue weighted by Gasteiger charge is -2.29. The van der Waals surface area contributed by atoms with Gasteiger partial charge < -0.3 is 24.6 Å². The zero-order valence-electron chi connectivity index (χ0n) is 19.5. The molecule has 176 valence electrons. The molecular weight excluding hydrogens is 418 g/mol. The van der Waals surface area contributed by atoms with Crippen molar-refractivity contribution in [1.29, 1.82) is 0 Å². The van der Waals surface area contributed by atoms with Crippen LogP contribution in [0.2, 0.25) is 0 Å². The number of likely N-dealkylation sites (tertiary alicyclic amines) is 1. The molecular formula is C26H33N3O4. The van der Waals surface area contributed by atoms with Crippen molar-refractivity contribution in [2.24, 2.45) is 5.92 Å². The number of unbranched alkanes of at least 4 members (excludes halogenated alkanes) is 1. The number of nitrogens with zero attached hydrogens (tertiary/aromatic N) is 2. The molecule has 2 heterocycles. The fraction of sp³-hybridized carbons (Fsp3) is 0.462. The van der Waals surface area contributed by atoms with Crippen LogP contribution < -0.4 is 15.0 Å². The van der Waals surface area contributed by atoms with E-state index in [1.807, 2.05) is 53.4 Å². The second kappa shape index (κ2) is 10.7. The molecule has 0 radical (unpaired) electrons. The Hall–Kier alpha value is -3.06. The summed E-state index contributed by atoms with van der Waals surface area (Å²) in [6.45, 7) is 5.96. The molecule has 4 rings (SSSR count). The van der Waals surface area contributed by atoms with E-state index >= 15 is 0 Å². The quantitative estimate of drug-likeness (QED) is 0.660. The first-order valence-electron chi connectivity index (χ1n) is 11.8. The van der Waals surface area contributed by atoms with Gasteiger partial charge >= 0.3 is 0 Å². The molecule has 7 heteroatoms. The second-order valence-electron chi connectivity index (χ2n) is 8.60. The number of carbonyl (C=O) groups excluding carboxylic acids is 2. The zero-order chi connectivity index (χ0) is 23.2. The van der Waals surface area contributed by atoms with Gasteiger partial charge in [-0.25, -0.2) is 0 Å². The fourth-order valence-corrected chi connectivity index (χ4v) is 4.64. The number of methoxy groups -OCH3 is 1. The van der Waals surface area contributed by atoms with Crippen molar-refractivity contribution in [1.82, 2.24) is 4.90 Å². The molecule has 2 aromatic carbocycles. The lowest BCUT2D eigenvalue weighted by atomic mass is 9.92. The molecule has 7 nitrogen and oxygen atoms in total. The molecule has 0 spiro atoms. The molecule has 2 aromatic rings. The summed E-state index contributed by atoms with van der Waals surface area (Å²) in [5.41, 5.74) is 2.82. The lowest BCUT2D eigenvalue weighted by Crippen LogP contribution is -2.36. The van der Waals surface area contributed by atoms with Crippen molar-refractivity contribution < 1.29 is 19.1 Å². The molecule has 0 aromatic heterocycles. The average Bonchev–Trinajstić information content (AvgIpc) is 3.19.